The Balaban J connectivity index is 1.50. The maximum atomic E-state index is 12.8. The number of anilines is 2. The van der Waals surface area contributed by atoms with Crippen molar-refractivity contribution in [1.82, 2.24) is 19.9 Å². The Morgan fingerprint density at radius 3 is 2.45 bits per heavy atom. The molecule has 0 amide bonds. The number of nitrogens with zero attached hydrogens (tertiary/aromatic N) is 4. The van der Waals surface area contributed by atoms with Gasteiger partial charge in [-0.3, -0.25) is 9.36 Å². The first-order chi connectivity index (χ1) is 16.3. The van der Waals surface area contributed by atoms with E-state index in [1.165, 1.54) is 0 Å². The Hall–Kier alpha value is -3.71. The minimum Gasteiger partial charge on any atom is -0.492 e. The van der Waals surface area contributed by atoms with E-state index in [4.69, 9.17) is 14.7 Å². The lowest BCUT2D eigenvalue weighted by atomic mass is 10.0. The van der Waals surface area contributed by atoms with Crippen molar-refractivity contribution in [3.63, 3.8) is 0 Å². The van der Waals surface area contributed by atoms with Crippen LogP contribution in [-0.4, -0.2) is 40.3 Å². The van der Waals surface area contributed by atoms with E-state index in [1.807, 2.05) is 54.7 Å². The molecule has 4 aromatic rings. The average Bonchev–Trinajstić information content (AvgIpc) is 2.87. The first-order valence-electron chi connectivity index (χ1n) is 11.4. The summed E-state index contributed by atoms with van der Waals surface area (Å²) >= 11 is 0. The highest BCUT2D eigenvalue weighted by Crippen LogP contribution is 2.29. The SMILES string of the molecule is O=c1ccc2cnc(N(c3ccccc3)C3CCNCC3)nc2n1CCOc1ccccc1. The molecule has 1 saturated heterocycles. The number of aromatic nitrogens is 3. The van der Waals surface area contributed by atoms with Crippen LogP contribution in [0.1, 0.15) is 12.8 Å². The van der Waals surface area contributed by atoms with Crippen LogP contribution in [0.2, 0.25) is 0 Å². The molecule has 0 atom stereocenters. The molecule has 1 aliphatic heterocycles. The smallest absolute Gasteiger partial charge is 0.252 e. The normalized spacial score (nSPS) is 14.3. The van der Waals surface area contributed by atoms with Gasteiger partial charge in [-0.25, -0.2) is 4.98 Å². The molecule has 0 saturated carbocycles. The van der Waals surface area contributed by atoms with Crippen molar-refractivity contribution in [1.29, 1.82) is 0 Å². The van der Waals surface area contributed by atoms with E-state index < -0.39 is 0 Å². The standard InChI is InChI=1S/C26H27N5O2/c32-24-12-11-20-19-28-26(29-25(20)30(24)17-18-33-23-9-5-2-6-10-23)31(21-7-3-1-4-8-21)22-13-15-27-16-14-22/h1-12,19,22,27H,13-18H2. The molecule has 1 N–H and O–H groups in total. The molecule has 2 aromatic carbocycles. The minimum absolute atomic E-state index is 0.100. The lowest BCUT2D eigenvalue weighted by Gasteiger charge is -2.34. The number of hydrogen-bond acceptors (Lipinski definition) is 6. The number of nitrogens with one attached hydrogen (secondary N) is 1. The molecule has 1 fully saturated rings. The van der Waals surface area contributed by atoms with E-state index in [-0.39, 0.29) is 11.6 Å². The van der Waals surface area contributed by atoms with Crippen molar-refractivity contribution >= 4 is 22.7 Å². The van der Waals surface area contributed by atoms with Crippen LogP contribution < -0.4 is 20.5 Å². The van der Waals surface area contributed by atoms with Crippen molar-refractivity contribution in [3.05, 3.63) is 89.3 Å². The van der Waals surface area contributed by atoms with Crippen molar-refractivity contribution in [2.75, 3.05) is 24.6 Å². The van der Waals surface area contributed by atoms with Gasteiger partial charge in [0, 0.05) is 29.4 Å². The molecule has 0 radical (unpaired) electrons. The molecule has 168 valence electrons. The van der Waals surface area contributed by atoms with Gasteiger partial charge >= 0.3 is 0 Å². The maximum Gasteiger partial charge on any atom is 0.252 e. The molecule has 3 heterocycles. The van der Waals surface area contributed by atoms with E-state index in [0.717, 1.165) is 42.8 Å². The summed E-state index contributed by atoms with van der Waals surface area (Å²) in [7, 11) is 0. The summed E-state index contributed by atoms with van der Waals surface area (Å²) in [6.45, 7) is 2.70. The fourth-order valence-electron chi connectivity index (χ4n) is 4.31. The largest absolute Gasteiger partial charge is 0.492 e. The molecule has 1 aliphatic rings. The molecule has 7 heteroatoms. The summed E-state index contributed by atoms with van der Waals surface area (Å²) in [4.78, 5) is 24.6. The highest BCUT2D eigenvalue weighted by molar-refractivity contribution is 5.76. The third-order valence-corrected chi connectivity index (χ3v) is 5.96. The van der Waals surface area contributed by atoms with Gasteiger partial charge in [0.1, 0.15) is 18.0 Å². The second-order valence-corrected chi connectivity index (χ2v) is 8.12. The van der Waals surface area contributed by atoms with Gasteiger partial charge in [-0.2, -0.15) is 4.98 Å². The molecule has 0 unspecified atom stereocenters. The van der Waals surface area contributed by atoms with Gasteiger partial charge in [0.25, 0.3) is 5.56 Å². The van der Waals surface area contributed by atoms with Gasteiger partial charge in [-0.05, 0) is 56.3 Å². The van der Waals surface area contributed by atoms with Crippen molar-refractivity contribution < 1.29 is 4.74 Å². The first-order valence-corrected chi connectivity index (χ1v) is 11.4. The van der Waals surface area contributed by atoms with Crippen molar-refractivity contribution in [2.45, 2.75) is 25.4 Å². The Kier molecular flexibility index (Phi) is 6.30. The van der Waals surface area contributed by atoms with E-state index in [2.05, 4.69) is 22.3 Å². The Bertz CT molecular complexity index is 1250. The number of para-hydroxylation sites is 2. The van der Waals surface area contributed by atoms with E-state index in [0.29, 0.717) is 24.7 Å². The number of hydrogen-bond donors (Lipinski definition) is 1. The minimum atomic E-state index is -0.100. The van der Waals surface area contributed by atoms with E-state index >= 15 is 0 Å². The number of pyridine rings is 1. The summed E-state index contributed by atoms with van der Waals surface area (Å²) in [6.07, 6.45) is 3.81. The second kappa shape index (κ2) is 9.83. The third kappa shape index (κ3) is 4.73. The van der Waals surface area contributed by atoms with Crippen LogP contribution >= 0.6 is 0 Å². The van der Waals surface area contributed by atoms with Gasteiger partial charge in [-0.1, -0.05) is 36.4 Å². The van der Waals surface area contributed by atoms with E-state index in [9.17, 15) is 4.79 Å². The molecule has 33 heavy (non-hydrogen) atoms. The predicted molar refractivity (Wildman–Crippen MR) is 130 cm³/mol. The van der Waals surface area contributed by atoms with Crippen LogP contribution in [0.15, 0.2) is 83.8 Å². The zero-order valence-corrected chi connectivity index (χ0v) is 18.4. The van der Waals surface area contributed by atoms with Gasteiger partial charge in [0.05, 0.1) is 6.54 Å². The Labute approximate surface area is 192 Å². The summed E-state index contributed by atoms with van der Waals surface area (Å²) in [5.74, 6) is 1.39. The third-order valence-electron chi connectivity index (χ3n) is 5.96. The molecular formula is C26H27N5O2. The topological polar surface area (TPSA) is 72.3 Å². The van der Waals surface area contributed by atoms with Gasteiger partial charge < -0.3 is 15.0 Å². The Morgan fingerprint density at radius 1 is 0.970 bits per heavy atom. The predicted octanol–water partition coefficient (Wildman–Crippen LogP) is 3.76. The average molecular weight is 442 g/mol. The van der Waals surface area contributed by atoms with Crippen LogP contribution in [0.25, 0.3) is 11.0 Å². The number of fused-ring (bicyclic) bond motifs is 1. The highest BCUT2D eigenvalue weighted by atomic mass is 16.5. The molecule has 7 nitrogen and oxygen atoms in total. The maximum absolute atomic E-state index is 12.8. The van der Waals surface area contributed by atoms with Crippen molar-refractivity contribution in [2.24, 2.45) is 0 Å². The van der Waals surface area contributed by atoms with Crippen LogP contribution in [-0.2, 0) is 6.54 Å². The monoisotopic (exact) mass is 441 g/mol. The lowest BCUT2D eigenvalue weighted by Crippen LogP contribution is -2.41. The molecule has 0 spiro atoms. The fourth-order valence-corrected chi connectivity index (χ4v) is 4.31. The van der Waals surface area contributed by atoms with E-state index in [1.54, 1.807) is 16.7 Å². The summed E-state index contributed by atoms with van der Waals surface area (Å²) in [6, 6.07) is 23.5. The highest BCUT2D eigenvalue weighted by Gasteiger charge is 2.25. The second-order valence-electron chi connectivity index (χ2n) is 8.12. The van der Waals surface area contributed by atoms with Crippen LogP contribution in [0.5, 0.6) is 5.75 Å². The number of piperidine rings is 1. The molecule has 2 aromatic heterocycles. The molecular weight excluding hydrogens is 414 g/mol. The lowest BCUT2D eigenvalue weighted by molar-refractivity contribution is 0.298. The first kappa shape index (κ1) is 21.2. The van der Waals surface area contributed by atoms with Crippen molar-refractivity contribution in [3.8, 4) is 5.75 Å². The van der Waals surface area contributed by atoms with Gasteiger partial charge in [0.2, 0.25) is 5.95 Å². The fraction of sp³-hybridized carbons (Fsp3) is 0.269. The van der Waals surface area contributed by atoms with Crippen LogP contribution in [0, 0.1) is 0 Å². The van der Waals surface area contributed by atoms with Crippen LogP contribution in [0.4, 0.5) is 11.6 Å². The summed E-state index contributed by atoms with van der Waals surface area (Å²) in [5.41, 5.74) is 1.58. The van der Waals surface area contributed by atoms with Gasteiger partial charge in [-0.15, -0.1) is 0 Å². The molecule has 0 aliphatic carbocycles. The number of rotatable bonds is 7. The summed E-state index contributed by atoms with van der Waals surface area (Å²) in [5, 5.41) is 4.26. The zero-order valence-electron chi connectivity index (χ0n) is 18.4. The van der Waals surface area contributed by atoms with Gasteiger partial charge in [0.15, 0.2) is 0 Å². The summed E-state index contributed by atoms with van der Waals surface area (Å²) < 4.78 is 7.51. The quantitative estimate of drug-likeness (QED) is 0.471. The van der Waals surface area contributed by atoms with Crippen LogP contribution in [0.3, 0.4) is 0 Å². The molecule has 0 bridgehead atoms. The number of ether oxygens (including phenoxy) is 1. The zero-order chi connectivity index (χ0) is 22.5. The molecule has 5 rings (SSSR count). The Morgan fingerprint density at radius 2 is 1.70 bits per heavy atom. The number of benzene rings is 2.